The highest BCUT2D eigenvalue weighted by Crippen LogP contribution is 2.43. The van der Waals surface area contributed by atoms with Crippen LogP contribution in [0.2, 0.25) is 0 Å². The van der Waals surface area contributed by atoms with Crippen molar-refractivity contribution in [3.05, 3.63) is 59.8 Å². The molecule has 0 aliphatic carbocycles. The zero-order chi connectivity index (χ0) is 21.1. The molecule has 0 spiro atoms. The normalized spacial score (nSPS) is 31.2. The number of rotatable bonds is 3. The number of hydrogen-bond donors (Lipinski definition) is 3. The average molecular weight is 409 g/mol. The SMILES string of the molecule is Nc1ccc(C(=O)NC2C3CN4CCN(C3)CC2(c2ccccc2)C4)cn1.O=CO. The van der Waals surface area contributed by atoms with E-state index in [0.717, 1.165) is 39.3 Å². The van der Waals surface area contributed by atoms with Crippen LogP contribution in [0.4, 0.5) is 5.82 Å². The van der Waals surface area contributed by atoms with E-state index in [-0.39, 0.29) is 23.8 Å². The number of anilines is 1. The molecule has 30 heavy (non-hydrogen) atoms. The van der Waals surface area contributed by atoms with Crippen LogP contribution in [0.15, 0.2) is 48.7 Å². The first-order chi connectivity index (χ1) is 14.6. The molecule has 2 aromatic rings. The maximum atomic E-state index is 13.0. The molecule has 8 nitrogen and oxygen atoms in total. The molecule has 1 aromatic carbocycles. The number of benzene rings is 1. The van der Waals surface area contributed by atoms with Crippen molar-refractivity contribution in [1.29, 1.82) is 0 Å². The van der Waals surface area contributed by atoms with E-state index >= 15 is 0 Å². The second kappa shape index (κ2) is 8.41. The Morgan fingerprint density at radius 3 is 2.33 bits per heavy atom. The Balaban J connectivity index is 0.000000687. The summed E-state index contributed by atoms with van der Waals surface area (Å²) < 4.78 is 0. The quantitative estimate of drug-likeness (QED) is 0.639. The summed E-state index contributed by atoms with van der Waals surface area (Å²) in [6.07, 6.45) is 1.56. The molecule has 0 radical (unpaired) electrons. The summed E-state index contributed by atoms with van der Waals surface area (Å²) in [5, 5.41) is 10.3. The smallest absolute Gasteiger partial charge is 0.290 e. The van der Waals surface area contributed by atoms with Gasteiger partial charge in [-0.3, -0.25) is 9.59 Å². The van der Waals surface area contributed by atoms with Crippen molar-refractivity contribution in [3.8, 4) is 0 Å². The van der Waals surface area contributed by atoms with Crippen molar-refractivity contribution < 1.29 is 14.7 Å². The Bertz CT molecular complexity index is 873. The van der Waals surface area contributed by atoms with Gasteiger partial charge in [-0.2, -0.15) is 0 Å². The van der Waals surface area contributed by atoms with Crippen LogP contribution >= 0.6 is 0 Å². The standard InChI is InChI=1S/C21H25N5O.CH2O2/c22-18-7-6-15(10-23-18)20(27)24-19-16-11-25-8-9-26(12-16)14-21(19,13-25)17-4-2-1-3-5-17;2-1-3/h1-7,10,16,19H,8-9,11-14H2,(H2,22,23)(H,24,27);1H,(H,2,3). The number of amides is 1. The molecule has 0 saturated carbocycles. The number of hydrogen-bond acceptors (Lipinski definition) is 6. The number of carboxylic acid groups (broad SMARTS) is 1. The summed E-state index contributed by atoms with van der Waals surface area (Å²) in [6.45, 7) is 6.08. The predicted octanol–water partition coefficient (Wildman–Crippen LogP) is 0.662. The number of carbonyl (C=O) groups excluding carboxylic acids is 1. The maximum absolute atomic E-state index is 13.0. The summed E-state index contributed by atoms with van der Waals surface area (Å²) >= 11 is 0. The third-order valence-corrected chi connectivity index (χ3v) is 6.48. The minimum Gasteiger partial charge on any atom is -0.483 e. The molecule has 8 heteroatoms. The summed E-state index contributed by atoms with van der Waals surface area (Å²) in [4.78, 5) is 30.6. The number of pyridine rings is 1. The third-order valence-electron chi connectivity index (χ3n) is 6.48. The molecule has 3 atom stereocenters. The van der Waals surface area contributed by atoms with Crippen LogP contribution in [0.3, 0.4) is 0 Å². The van der Waals surface area contributed by atoms with Crippen molar-refractivity contribution in [2.75, 3.05) is 45.0 Å². The molecule has 4 aliphatic rings. The molecule has 5 heterocycles. The number of nitrogen functional groups attached to an aromatic ring is 1. The fraction of sp³-hybridized carbons (Fsp3) is 0.409. The summed E-state index contributed by atoms with van der Waals surface area (Å²) in [5.41, 5.74) is 7.49. The molecule has 1 aromatic heterocycles. The van der Waals surface area contributed by atoms with Gasteiger partial charge < -0.3 is 26.0 Å². The average Bonchev–Trinajstić information content (AvgIpc) is 3.00. The maximum Gasteiger partial charge on any atom is 0.290 e. The van der Waals surface area contributed by atoms with Gasteiger partial charge in [0.25, 0.3) is 12.4 Å². The van der Waals surface area contributed by atoms with Gasteiger partial charge in [-0.25, -0.2) is 4.98 Å². The molecule has 3 unspecified atom stereocenters. The molecule has 4 fully saturated rings. The van der Waals surface area contributed by atoms with E-state index in [4.69, 9.17) is 15.6 Å². The predicted molar refractivity (Wildman–Crippen MR) is 113 cm³/mol. The van der Waals surface area contributed by atoms with Gasteiger partial charge in [0, 0.05) is 62.8 Å². The number of nitrogens with two attached hydrogens (primary N) is 1. The fourth-order valence-corrected chi connectivity index (χ4v) is 5.33. The molecular weight excluding hydrogens is 382 g/mol. The first-order valence-electron chi connectivity index (χ1n) is 10.2. The van der Waals surface area contributed by atoms with Crippen molar-refractivity contribution in [2.24, 2.45) is 5.92 Å². The molecule has 1 amide bonds. The molecule has 4 N–H and O–H groups in total. The molecule has 6 rings (SSSR count). The lowest BCUT2D eigenvalue weighted by Crippen LogP contribution is -2.70. The van der Waals surface area contributed by atoms with E-state index in [9.17, 15) is 4.79 Å². The first-order valence-corrected chi connectivity index (χ1v) is 10.2. The molecular formula is C22H27N5O3. The van der Waals surface area contributed by atoms with Crippen LogP contribution in [0.25, 0.3) is 0 Å². The summed E-state index contributed by atoms with van der Waals surface area (Å²) in [6, 6.07) is 14.3. The number of nitrogens with one attached hydrogen (secondary N) is 1. The number of nitrogens with zero attached hydrogens (tertiary/aromatic N) is 3. The van der Waals surface area contributed by atoms with Crippen LogP contribution in [-0.2, 0) is 10.2 Å². The fourth-order valence-electron chi connectivity index (χ4n) is 5.33. The monoisotopic (exact) mass is 409 g/mol. The Hall–Kier alpha value is -2.97. The lowest BCUT2D eigenvalue weighted by Gasteiger charge is -2.55. The highest BCUT2D eigenvalue weighted by Gasteiger charge is 2.55. The molecule has 158 valence electrons. The largest absolute Gasteiger partial charge is 0.483 e. The van der Waals surface area contributed by atoms with Crippen LogP contribution < -0.4 is 11.1 Å². The number of fused-ring (bicyclic) bond motifs is 1. The number of aromatic nitrogens is 1. The van der Waals surface area contributed by atoms with Gasteiger partial charge in [-0.1, -0.05) is 30.3 Å². The number of carbonyl (C=O) groups is 2. The summed E-state index contributed by atoms with van der Waals surface area (Å²) in [5.74, 6) is 0.805. The van der Waals surface area contributed by atoms with E-state index in [2.05, 4.69) is 50.4 Å². The zero-order valence-corrected chi connectivity index (χ0v) is 16.8. The minimum absolute atomic E-state index is 0.0565. The van der Waals surface area contributed by atoms with Crippen LogP contribution in [0.1, 0.15) is 15.9 Å². The zero-order valence-electron chi connectivity index (χ0n) is 16.8. The van der Waals surface area contributed by atoms with Gasteiger partial charge in [0.15, 0.2) is 0 Å². The van der Waals surface area contributed by atoms with E-state index < -0.39 is 0 Å². The van der Waals surface area contributed by atoms with E-state index in [1.165, 1.54) is 5.56 Å². The van der Waals surface area contributed by atoms with Crippen molar-refractivity contribution in [1.82, 2.24) is 20.1 Å². The lowest BCUT2D eigenvalue weighted by molar-refractivity contribution is -0.122. The topological polar surface area (TPSA) is 112 Å². The van der Waals surface area contributed by atoms with Crippen LogP contribution in [0, 0.1) is 5.92 Å². The van der Waals surface area contributed by atoms with Gasteiger partial charge in [-0.15, -0.1) is 0 Å². The Morgan fingerprint density at radius 2 is 1.77 bits per heavy atom. The minimum atomic E-state index is -0.250. The Labute approximate surface area is 175 Å². The van der Waals surface area contributed by atoms with Gasteiger partial charge >= 0.3 is 0 Å². The highest BCUT2D eigenvalue weighted by molar-refractivity contribution is 5.94. The van der Waals surface area contributed by atoms with Crippen LogP contribution in [0.5, 0.6) is 0 Å². The van der Waals surface area contributed by atoms with E-state index in [1.807, 2.05) is 0 Å². The first kappa shape index (κ1) is 20.3. The molecule has 4 saturated heterocycles. The lowest BCUT2D eigenvalue weighted by atomic mass is 9.64. The van der Waals surface area contributed by atoms with Gasteiger partial charge in [0.1, 0.15) is 5.82 Å². The third kappa shape index (κ3) is 3.76. The van der Waals surface area contributed by atoms with E-state index in [0.29, 0.717) is 17.3 Å². The van der Waals surface area contributed by atoms with Gasteiger partial charge in [0.05, 0.1) is 5.56 Å². The second-order valence-electron chi connectivity index (χ2n) is 8.28. The molecule has 4 aliphatic heterocycles. The Kier molecular flexibility index (Phi) is 5.69. The van der Waals surface area contributed by atoms with E-state index in [1.54, 1.807) is 18.3 Å². The second-order valence-corrected chi connectivity index (χ2v) is 8.28. The van der Waals surface area contributed by atoms with Gasteiger partial charge in [0.2, 0.25) is 0 Å². The van der Waals surface area contributed by atoms with Gasteiger partial charge in [-0.05, 0) is 17.7 Å². The molecule has 4 bridgehead atoms. The summed E-state index contributed by atoms with van der Waals surface area (Å²) in [7, 11) is 0. The van der Waals surface area contributed by atoms with Crippen molar-refractivity contribution >= 4 is 18.2 Å². The Morgan fingerprint density at radius 1 is 1.13 bits per heavy atom. The van der Waals surface area contributed by atoms with Crippen LogP contribution in [-0.4, -0.2) is 77.6 Å². The number of piperidine rings is 2. The van der Waals surface area contributed by atoms with Crippen molar-refractivity contribution in [2.45, 2.75) is 11.5 Å². The van der Waals surface area contributed by atoms with Crippen molar-refractivity contribution in [3.63, 3.8) is 0 Å². The highest BCUT2D eigenvalue weighted by atomic mass is 16.3.